The minimum Gasteiger partial charge on any atom is -0.303 e. The first kappa shape index (κ1) is 11.0. The van der Waals surface area contributed by atoms with Crippen LogP contribution >= 0.6 is 11.6 Å². The van der Waals surface area contributed by atoms with Crippen molar-refractivity contribution in [3.05, 3.63) is 34.9 Å². The van der Waals surface area contributed by atoms with Gasteiger partial charge in [0.05, 0.1) is 0 Å². The molecule has 1 heterocycles. The fourth-order valence-corrected chi connectivity index (χ4v) is 2.69. The molecule has 15 heavy (non-hydrogen) atoms. The van der Waals surface area contributed by atoms with Crippen molar-refractivity contribution in [3.8, 4) is 0 Å². The van der Waals surface area contributed by atoms with Crippen molar-refractivity contribution in [2.45, 2.75) is 25.7 Å². The maximum atomic E-state index is 6.23. The number of rotatable bonds is 2. The van der Waals surface area contributed by atoms with Crippen LogP contribution < -0.4 is 0 Å². The van der Waals surface area contributed by atoms with Crippen LogP contribution in [0.3, 0.4) is 0 Å². The quantitative estimate of drug-likeness (QED) is 0.742. The summed E-state index contributed by atoms with van der Waals surface area (Å²) >= 11 is 6.23. The summed E-state index contributed by atoms with van der Waals surface area (Å²) in [7, 11) is 0. The van der Waals surface area contributed by atoms with Crippen molar-refractivity contribution in [1.82, 2.24) is 4.90 Å². The van der Waals surface area contributed by atoms with E-state index in [1.54, 1.807) is 0 Å². The molecule has 1 aliphatic rings. The van der Waals surface area contributed by atoms with Crippen molar-refractivity contribution >= 4 is 11.6 Å². The summed E-state index contributed by atoms with van der Waals surface area (Å²) in [6.07, 6.45) is 2.57. The maximum absolute atomic E-state index is 6.23. The molecule has 0 bridgehead atoms. The van der Waals surface area contributed by atoms with Gasteiger partial charge in [-0.1, -0.05) is 36.7 Å². The van der Waals surface area contributed by atoms with Crippen molar-refractivity contribution in [2.24, 2.45) is 0 Å². The lowest BCUT2D eigenvalue weighted by atomic mass is 9.90. The molecule has 0 radical (unpaired) electrons. The SMILES string of the molecule is CCN1CCCC(c2ccccc2Cl)C1. The number of likely N-dealkylation sites (N-methyl/N-ethyl adjacent to an activating group) is 1. The zero-order valence-electron chi connectivity index (χ0n) is 9.25. The maximum Gasteiger partial charge on any atom is 0.0441 e. The van der Waals surface area contributed by atoms with E-state index in [0.29, 0.717) is 5.92 Å². The van der Waals surface area contributed by atoms with Crippen LogP contribution in [0, 0.1) is 0 Å². The van der Waals surface area contributed by atoms with Gasteiger partial charge < -0.3 is 4.90 Å². The van der Waals surface area contributed by atoms with E-state index in [4.69, 9.17) is 11.6 Å². The van der Waals surface area contributed by atoms with Crippen LogP contribution in [0.5, 0.6) is 0 Å². The Morgan fingerprint density at radius 3 is 2.93 bits per heavy atom. The lowest BCUT2D eigenvalue weighted by molar-refractivity contribution is 0.218. The van der Waals surface area contributed by atoms with Crippen molar-refractivity contribution in [2.75, 3.05) is 19.6 Å². The molecule has 1 saturated heterocycles. The van der Waals surface area contributed by atoms with Gasteiger partial charge >= 0.3 is 0 Å². The Morgan fingerprint density at radius 1 is 1.40 bits per heavy atom. The van der Waals surface area contributed by atoms with Gasteiger partial charge in [0.1, 0.15) is 0 Å². The van der Waals surface area contributed by atoms with Crippen LogP contribution in [-0.4, -0.2) is 24.5 Å². The molecule has 1 unspecified atom stereocenters. The molecule has 1 aromatic carbocycles. The second-order valence-electron chi connectivity index (χ2n) is 4.25. The van der Waals surface area contributed by atoms with E-state index >= 15 is 0 Å². The normalized spacial score (nSPS) is 22.9. The van der Waals surface area contributed by atoms with E-state index in [-0.39, 0.29) is 0 Å². The van der Waals surface area contributed by atoms with Crippen LogP contribution in [0.25, 0.3) is 0 Å². The van der Waals surface area contributed by atoms with E-state index in [0.717, 1.165) is 11.6 Å². The molecule has 1 aromatic rings. The molecule has 0 aliphatic carbocycles. The second kappa shape index (κ2) is 5.00. The van der Waals surface area contributed by atoms with Crippen LogP contribution in [-0.2, 0) is 0 Å². The Kier molecular flexibility index (Phi) is 3.66. The highest BCUT2D eigenvalue weighted by Crippen LogP contribution is 2.31. The average Bonchev–Trinajstić information content (AvgIpc) is 2.30. The first-order valence-electron chi connectivity index (χ1n) is 5.78. The number of hydrogen-bond donors (Lipinski definition) is 0. The summed E-state index contributed by atoms with van der Waals surface area (Å²) in [5.74, 6) is 0.632. The molecular formula is C13H18ClN. The van der Waals surface area contributed by atoms with Gasteiger partial charge in [0, 0.05) is 11.6 Å². The lowest BCUT2D eigenvalue weighted by Crippen LogP contribution is -2.34. The van der Waals surface area contributed by atoms with Gasteiger partial charge in [-0.3, -0.25) is 0 Å². The topological polar surface area (TPSA) is 3.24 Å². The Morgan fingerprint density at radius 2 is 2.20 bits per heavy atom. The number of nitrogens with zero attached hydrogens (tertiary/aromatic N) is 1. The second-order valence-corrected chi connectivity index (χ2v) is 4.66. The zero-order chi connectivity index (χ0) is 10.7. The van der Waals surface area contributed by atoms with Crippen molar-refractivity contribution in [1.29, 1.82) is 0 Å². The van der Waals surface area contributed by atoms with Crippen LogP contribution in [0.1, 0.15) is 31.2 Å². The number of piperidine rings is 1. The Labute approximate surface area is 97.0 Å². The Bertz CT molecular complexity index is 324. The van der Waals surface area contributed by atoms with Gasteiger partial charge in [0.15, 0.2) is 0 Å². The van der Waals surface area contributed by atoms with Crippen LogP contribution in [0.4, 0.5) is 0 Å². The molecule has 1 aliphatic heterocycles. The molecule has 0 saturated carbocycles. The van der Waals surface area contributed by atoms with E-state index < -0.39 is 0 Å². The molecule has 1 atom stereocenters. The Hall–Kier alpha value is -0.530. The molecule has 1 fully saturated rings. The van der Waals surface area contributed by atoms with Gasteiger partial charge in [0.2, 0.25) is 0 Å². The number of benzene rings is 1. The Balaban J connectivity index is 2.13. The molecule has 0 spiro atoms. The number of hydrogen-bond acceptors (Lipinski definition) is 1. The van der Waals surface area contributed by atoms with Gasteiger partial charge in [-0.05, 0) is 43.5 Å². The molecule has 0 N–H and O–H groups in total. The highest BCUT2D eigenvalue weighted by Gasteiger charge is 2.21. The minimum atomic E-state index is 0.632. The largest absolute Gasteiger partial charge is 0.303 e. The smallest absolute Gasteiger partial charge is 0.0441 e. The minimum absolute atomic E-state index is 0.632. The van der Waals surface area contributed by atoms with E-state index in [2.05, 4.69) is 24.0 Å². The van der Waals surface area contributed by atoms with E-state index in [1.165, 1.54) is 31.5 Å². The van der Waals surface area contributed by atoms with Crippen LogP contribution in [0.2, 0.25) is 5.02 Å². The van der Waals surface area contributed by atoms with Gasteiger partial charge in [-0.2, -0.15) is 0 Å². The molecule has 0 aromatic heterocycles. The monoisotopic (exact) mass is 223 g/mol. The molecular weight excluding hydrogens is 206 g/mol. The lowest BCUT2D eigenvalue weighted by Gasteiger charge is -2.32. The van der Waals surface area contributed by atoms with Gasteiger partial charge in [-0.15, -0.1) is 0 Å². The highest BCUT2D eigenvalue weighted by molar-refractivity contribution is 6.31. The first-order valence-corrected chi connectivity index (χ1v) is 6.16. The van der Waals surface area contributed by atoms with Gasteiger partial charge in [-0.25, -0.2) is 0 Å². The van der Waals surface area contributed by atoms with Crippen LogP contribution in [0.15, 0.2) is 24.3 Å². The number of halogens is 1. The molecule has 0 amide bonds. The third-order valence-electron chi connectivity index (χ3n) is 3.30. The first-order chi connectivity index (χ1) is 7.31. The summed E-state index contributed by atoms with van der Waals surface area (Å²) in [4.78, 5) is 2.51. The molecule has 82 valence electrons. The number of likely N-dealkylation sites (tertiary alicyclic amines) is 1. The highest BCUT2D eigenvalue weighted by atomic mass is 35.5. The summed E-state index contributed by atoms with van der Waals surface area (Å²) in [5.41, 5.74) is 1.33. The average molecular weight is 224 g/mol. The van der Waals surface area contributed by atoms with E-state index in [1.807, 2.05) is 12.1 Å². The predicted octanol–water partition coefficient (Wildman–Crippen LogP) is 3.54. The summed E-state index contributed by atoms with van der Waals surface area (Å²) in [6.45, 7) is 5.80. The standard InChI is InChI=1S/C13H18ClN/c1-2-15-9-5-6-11(10-15)12-7-3-4-8-13(12)14/h3-4,7-8,11H,2,5-6,9-10H2,1H3. The molecule has 2 heteroatoms. The third kappa shape index (κ3) is 2.53. The summed E-state index contributed by atoms with van der Waals surface area (Å²) in [5, 5.41) is 0.931. The summed E-state index contributed by atoms with van der Waals surface area (Å²) < 4.78 is 0. The van der Waals surface area contributed by atoms with Crippen molar-refractivity contribution < 1.29 is 0 Å². The fraction of sp³-hybridized carbons (Fsp3) is 0.538. The molecule has 1 nitrogen and oxygen atoms in total. The van der Waals surface area contributed by atoms with Crippen molar-refractivity contribution in [3.63, 3.8) is 0 Å². The van der Waals surface area contributed by atoms with Gasteiger partial charge in [0.25, 0.3) is 0 Å². The predicted molar refractivity (Wildman–Crippen MR) is 65.5 cm³/mol. The fourth-order valence-electron chi connectivity index (χ4n) is 2.40. The summed E-state index contributed by atoms with van der Waals surface area (Å²) in [6, 6.07) is 8.27. The van der Waals surface area contributed by atoms with E-state index in [9.17, 15) is 0 Å². The zero-order valence-corrected chi connectivity index (χ0v) is 10.0. The molecule has 2 rings (SSSR count). The third-order valence-corrected chi connectivity index (χ3v) is 3.64.